The van der Waals surface area contributed by atoms with Crippen molar-refractivity contribution in [3.8, 4) is 5.75 Å². The van der Waals surface area contributed by atoms with Crippen molar-refractivity contribution in [2.24, 2.45) is 5.92 Å². The fourth-order valence-corrected chi connectivity index (χ4v) is 9.40. The number of hydrogen-bond donors (Lipinski definition) is 3. The lowest BCUT2D eigenvalue weighted by molar-refractivity contribution is -0.178. The molecule has 3 N–H and O–H groups in total. The molecule has 1 aromatic heterocycles. The molecule has 1 spiro atoms. The number of para-hydroxylation sites is 3. The molecule has 0 unspecified atom stereocenters. The Morgan fingerprint density at radius 2 is 1.49 bits per heavy atom. The zero-order valence-electron chi connectivity index (χ0n) is 33.2. The number of aliphatic hydroxyl groups excluding tert-OH is 1. The molecule has 0 saturated carbocycles. The number of morpholine rings is 1. The smallest absolute Gasteiger partial charge is 0.421 e. The molecule has 4 heterocycles. The number of esters is 1. The maximum absolute atomic E-state index is 16.0. The molecule has 0 bridgehead atoms. The number of aromatic nitrogens is 2. The van der Waals surface area contributed by atoms with Gasteiger partial charge in [-0.3, -0.25) is 19.3 Å². The Kier molecular flexibility index (Phi) is 10.8. The minimum Gasteiger partial charge on any atom is -0.491 e. The third-order valence-electron chi connectivity index (χ3n) is 11.8. The molecule has 3 aliphatic heterocycles. The predicted molar refractivity (Wildman–Crippen MR) is 222 cm³/mol. The normalized spacial score (nSPS) is 23.1. The number of aliphatic hydroxyl groups is 1. The molecule has 3 amide bonds. The molecule has 6 aromatic rings. The number of fused-ring (bicyclic) bond motifs is 4. The molecular formula is C47H43N5O9. The van der Waals surface area contributed by atoms with E-state index in [9.17, 15) is 9.90 Å². The molecule has 2 fully saturated rings. The Hall–Kier alpha value is -6.87. The van der Waals surface area contributed by atoms with E-state index in [2.05, 4.69) is 15.3 Å². The maximum Gasteiger partial charge on any atom is 0.421 e. The molecule has 14 heteroatoms. The van der Waals surface area contributed by atoms with Crippen molar-refractivity contribution in [3.05, 3.63) is 162 Å². The van der Waals surface area contributed by atoms with Gasteiger partial charge in [-0.05, 0) is 52.6 Å². The predicted octanol–water partition coefficient (Wildman–Crippen LogP) is 5.70. The summed E-state index contributed by atoms with van der Waals surface area (Å²) in [4.78, 5) is 71.5. The number of rotatable bonds is 12. The molecule has 2 saturated heterocycles. The molecule has 0 aliphatic carbocycles. The lowest BCUT2D eigenvalue weighted by Crippen LogP contribution is -2.55. The van der Waals surface area contributed by atoms with Gasteiger partial charge in [-0.15, -0.1) is 0 Å². The largest absolute Gasteiger partial charge is 0.491 e. The number of nitrogens with one attached hydrogen (secondary N) is 2. The molecule has 3 aliphatic rings. The second-order valence-electron chi connectivity index (χ2n) is 15.1. The van der Waals surface area contributed by atoms with Gasteiger partial charge >= 0.3 is 12.1 Å². The SMILES string of the molecule is COCCOC(=O)N1C(=O)[C@@]2(c3ccccc31)[C@H](c1ccc(OCCO)cc1)N1[C@H](c3ccccc3)[C@H](c3ccccc3)OC(=O)[C@H]1[C@@H]2C(=O)NCc1nc2ccccc2[nH]1. The highest BCUT2D eigenvalue weighted by atomic mass is 16.6. The Bertz CT molecular complexity index is 2540. The molecular weight excluding hydrogens is 779 g/mol. The van der Waals surface area contributed by atoms with Crippen LogP contribution in [0.3, 0.4) is 0 Å². The van der Waals surface area contributed by atoms with Gasteiger partial charge in [0.1, 0.15) is 42.3 Å². The van der Waals surface area contributed by atoms with Crippen LogP contribution in [0.1, 0.15) is 46.3 Å². The van der Waals surface area contributed by atoms with Crippen LogP contribution in [0, 0.1) is 5.92 Å². The summed E-state index contributed by atoms with van der Waals surface area (Å²) in [6.45, 7) is -0.249. The van der Waals surface area contributed by atoms with Crippen LogP contribution in [0.2, 0.25) is 0 Å². The number of aromatic amines is 1. The average molecular weight is 822 g/mol. The van der Waals surface area contributed by atoms with Crippen LogP contribution >= 0.6 is 0 Å². The highest BCUT2D eigenvalue weighted by molar-refractivity contribution is 6.23. The number of nitrogens with zero attached hydrogens (tertiary/aromatic N) is 3. The fourth-order valence-electron chi connectivity index (χ4n) is 9.40. The quantitative estimate of drug-likeness (QED) is 0.102. The van der Waals surface area contributed by atoms with Crippen molar-refractivity contribution in [2.45, 2.75) is 36.2 Å². The first-order chi connectivity index (χ1) is 29.9. The Morgan fingerprint density at radius 1 is 0.803 bits per heavy atom. The number of hydrogen-bond acceptors (Lipinski definition) is 11. The van der Waals surface area contributed by atoms with Crippen molar-refractivity contribution in [1.29, 1.82) is 0 Å². The number of methoxy groups -OCH3 is 1. The number of imidazole rings is 1. The number of amides is 3. The van der Waals surface area contributed by atoms with E-state index in [0.29, 0.717) is 33.8 Å². The van der Waals surface area contributed by atoms with Crippen LogP contribution in [0.4, 0.5) is 10.5 Å². The van der Waals surface area contributed by atoms with Gasteiger partial charge in [-0.25, -0.2) is 14.7 Å². The van der Waals surface area contributed by atoms with Gasteiger partial charge in [0.25, 0.3) is 0 Å². The second-order valence-corrected chi connectivity index (χ2v) is 15.1. The lowest BCUT2D eigenvalue weighted by Gasteiger charge is -2.46. The fraction of sp³-hybridized carbons (Fsp3) is 0.255. The number of anilines is 1. The van der Waals surface area contributed by atoms with Gasteiger partial charge in [0.2, 0.25) is 11.8 Å². The van der Waals surface area contributed by atoms with Gasteiger partial charge < -0.3 is 34.4 Å². The van der Waals surface area contributed by atoms with Crippen molar-refractivity contribution in [2.75, 3.05) is 38.4 Å². The van der Waals surface area contributed by atoms with Crippen LogP contribution in [0.25, 0.3) is 11.0 Å². The first kappa shape index (κ1) is 39.6. The summed E-state index contributed by atoms with van der Waals surface area (Å²) >= 11 is 0. The number of carbonyl (C=O) groups excluding carboxylic acids is 4. The van der Waals surface area contributed by atoms with Crippen molar-refractivity contribution in [3.63, 3.8) is 0 Å². The first-order valence-electron chi connectivity index (χ1n) is 20.1. The maximum atomic E-state index is 16.0. The van der Waals surface area contributed by atoms with Gasteiger partial charge in [-0.1, -0.05) is 103 Å². The second kappa shape index (κ2) is 16.6. The van der Waals surface area contributed by atoms with E-state index in [1.807, 2.05) is 89.8 Å². The van der Waals surface area contributed by atoms with Gasteiger partial charge in [0.05, 0.1) is 54.5 Å². The zero-order valence-corrected chi connectivity index (χ0v) is 33.2. The summed E-state index contributed by atoms with van der Waals surface area (Å²) in [5.41, 5.74) is 2.19. The number of benzene rings is 5. The van der Waals surface area contributed by atoms with E-state index in [1.165, 1.54) is 7.11 Å². The van der Waals surface area contributed by atoms with Crippen molar-refractivity contribution >= 4 is 40.6 Å². The summed E-state index contributed by atoms with van der Waals surface area (Å²) < 4.78 is 23.0. The summed E-state index contributed by atoms with van der Waals surface area (Å²) in [5, 5.41) is 12.5. The first-order valence-corrected chi connectivity index (χ1v) is 20.1. The van der Waals surface area contributed by atoms with Gasteiger partial charge in [0, 0.05) is 7.11 Å². The standard InChI is InChI=1S/C47H43N5O9/c1-58-26-27-60-46(57)51-36-19-11-8-16-33(36)47(45(51)56)38(43(54)48-28-37-49-34-17-9-10-18-35(34)50-37)40-44(55)61-41(30-14-6-3-7-15-30)39(29-12-4-2-5-13-29)52(40)42(47)31-20-22-32(23-21-31)59-25-24-53/h2-23,38-42,53H,24-28H2,1H3,(H,48,54)(H,49,50)/t38-,39-,40-,41+,42+,47-/m1/s1. The molecule has 0 radical (unpaired) electrons. The van der Waals surface area contributed by atoms with E-state index < -0.39 is 59.4 Å². The summed E-state index contributed by atoms with van der Waals surface area (Å²) in [6.07, 6.45) is -1.83. The molecule has 5 aromatic carbocycles. The number of imide groups is 1. The Balaban J connectivity index is 1.28. The highest BCUT2D eigenvalue weighted by Crippen LogP contribution is 2.65. The minimum atomic E-state index is -1.93. The number of ether oxygens (including phenoxy) is 4. The molecule has 9 rings (SSSR count). The molecule has 61 heavy (non-hydrogen) atoms. The molecule has 14 nitrogen and oxygen atoms in total. The number of cyclic esters (lactones) is 1. The average Bonchev–Trinajstić information content (AvgIpc) is 3.94. The lowest BCUT2D eigenvalue weighted by atomic mass is 9.65. The number of H-pyrrole nitrogens is 1. The number of carbonyl (C=O) groups is 4. The van der Waals surface area contributed by atoms with Crippen LogP contribution in [0.5, 0.6) is 5.75 Å². The van der Waals surface area contributed by atoms with Crippen LogP contribution in [-0.4, -0.2) is 83.4 Å². The highest BCUT2D eigenvalue weighted by Gasteiger charge is 2.75. The van der Waals surface area contributed by atoms with Crippen LogP contribution < -0.4 is 15.0 Å². The van der Waals surface area contributed by atoms with Crippen LogP contribution in [-0.2, 0) is 40.6 Å². The summed E-state index contributed by atoms with van der Waals surface area (Å²) in [6, 6.07) is 37.1. The van der Waals surface area contributed by atoms with E-state index in [0.717, 1.165) is 16.0 Å². The van der Waals surface area contributed by atoms with Crippen LogP contribution in [0.15, 0.2) is 133 Å². The Labute approximate surface area is 351 Å². The van der Waals surface area contributed by atoms with E-state index in [1.54, 1.807) is 48.5 Å². The van der Waals surface area contributed by atoms with Crippen molar-refractivity contribution < 1.29 is 43.2 Å². The monoisotopic (exact) mass is 821 g/mol. The van der Waals surface area contributed by atoms with E-state index >= 15 is 14.4 Å². The molecule has 6 atom stereocenters. The third-order valence-corrected chi connectivity index (χ3v) is 11.8. The zero-order chi connectivity index (χ0) is 42.1. The minimum absolute atomic E-state index is 0.0566. The summed E-state index contributed by atoms with van der Waals surface area (Å²) in [5.74, 6) is -2.61. The van der Waals surface area contributed by atoms with E-state index in [4.69, 9.17) is 18.9 Å². The van der Waals surface area contributed by atoms with Gasteiger partial charge in [-0.2, -0.15) is 0 Å². The van der Waals surface area contributed by atoms with Crippen molar-refractivity contribution in [1.82, 2.24) is 20.2 Å². The molecule has 310 valence electrons. The topological polar surface area (TPSA) is 173 Å². The van der Waals surface area contributed by atoms with E-state index in [-0.39, 0.29) is 38.7 Å². The van der Waals surface area contributed by atoms with Gasteiger partial charge in [0.15, 0.2) is 0 Å². The summed E-state index contributed by atoms with van der Waals surface area (Å²) in [7, 11) is 1.47. The third kappa shape index (κ3) is 6.78. The Morgan fingerprint density at radius 3 is 2.21 bits per heavy atom.